The van der Waals surface area contributed by atoms with Crippen molar-refractivity contribution in [3.63, 3.8) is 0 Å². The van der Waals surface area contributed by atoms with E-state index in [1.54, 1.807) is 4.68 Å². The van der Waals surface area contributed by atoms with Crippen molar-refractivity contribution in [3.8, 4) is 0 Å². The number of aromatic nitrogens is 3. The standard InChI is InChI=1S/C18H31N7O2.ClH/c1-2-19-17(26)16-9-15(11-20-16)25-12-14(23-24-25)10-21-18(27)22-13-7-5-3-4-6-8-13;/h12-13,15-16,20H,2-11H2,1H3,(H,19,26)(H2,21,22,27);1H/t15-,16+;/m1./s1. The van der Waals surface area contributed by atoms with E-state index in [-0.39, 0.29) is 42.5 Å². The van der Waals surface area contributed by atoms with Crippen LogP contribution >= 0.6 is 12.4 Å². The lowest BCUT2D eigenvalue weighted by atomic mass is 10.1. The lowest BCUT2D eigenvalue weighted by molar-refractivity contribution is -0.122. The molecule has 28 heavy (non-hydrogen) atoms. The van der Waals surface area contributed by atoms with E-state index in [4.69, 9.17) is 0 Å². The van der Waals surface area contributed by atoms with Crippen molar-refractivity contribution >= 4 is 24.3 Å². The summed E-state index contributed by atoms with van der Waals surface area (Å²) >= 11 is 0. The highest BCUT2D eigenvalue weighted by Crippen LogP contribution is 2.19. The van der Waals surface area contributed by atoms with Crippen molar-refractivity contribution in [2.24, 2.45) is 0 Å². The summed E-state index contributed by atoms with van der Waals surface area (Å²) in [7, 11) is 0. The molecule has 158 valence electrons. The third-order valence-corrected chi connectivity index (χ3v) is 5.33. The van der Waals surface area contributed by atoms with E-state index in [1.807, 2.05) is 13.1 Å². The molecule has 0 radical (unpaired) electrons. The molecule has 0 unspecified atom stereocenters. The largest absolute Gasteiger partial charge is 0.355 e. The van der Waals surface area contributed by atoms with Gasteiger partial charge in [0.2, 0.25) is 5.91 Å². The Kier molecular flexibility index (Phi) is 8.98. The molecule has 1 aromatic heterocycles. The highest BCUT2D eigenvalue weighted by molar-refractivity contribution is 5.85. The minimum absolute atomic E-state index is 0. The van der Waals surface area contributed by atoms with Crippen LogP contribution in [-0.2, 0) is 11.3 Å². The molecule has 2 fully saturated rings. The Labute approximate surface area is 172 Å². The van der Waals surface area contributed by atoms with Gasteiger partial charge in [0.15, 0.2) is 0 Å². The molecule has 3 amide bonds. The minimum atomic E-state index is -0.189. The Hall–Kier alpha value is -1.87. The molecule has 2 aliphatic rings. The first-order valence-electron chi connectivity index (χ1n) is 10.1. The van der Waals surface area contributed by atoms with E-state index in [0.717, 1.165) is 12.8 Å². The zero-order chi connectivity index (χ0) is 19.1. The molecule has 1 aliphatic carbocycles. The van der Waals surface area contributed by atoms with Gasteiger partial charge in [0, 0.05) is 19.1 Å². The summed E-state index contributed by atoms with van der Waals surface area (Å²) in [6.45, 7) is 3.56. The summed E-state index contributed by atoms with van der Waals surface area (Å²) in [5.74, 6) is 0.0252. The van der Waals surface area contributed by atoms with Crippen LogP contribution in [0, 0.1) is 0 Å². The van der Waals surface area contributed by atoms with Gasteiger partial charge in [-0.15, -0.1) is 17.5 Å². The lowest BCUT2D eigenvalue weighted by Gasteiger charge is -2.16. The fourth-order valence-electron chi connectivity index (χ4n) is 3.82. The van der Waals surface area contributed by atoms with Gasteiger partial charge in [0.1, 0.15) is 5.69 Å². The minimum Gasteiger partial charge on any atom is -0.355 e. The number of hydrogen-bond acceptors (Lipinski definition) is 5. The Morgan fingerprint density at radius 1 is 1.21 bits per heavy atom. The van der Waals surface area contributed by atoms with Gasteiger partial charge in [-0.25, -0.2) is 9.48 Å². The number of rotatable bonds is 6. The molecule has 2 heterocycles. The van der Waals surface area contributed by atoms with Crippen molar-refractivity contribution in [1.29, 1.82) is 0 Å². The van der Waals surface area contributed by atoms with Crippen molar-refractivity contribution in [2.75, 3.05) is 13.1 Å². The molecule has 0 bridgehead atoms. The summed E-state index contributed by atoms with van der Waals surface area (Å²) in [4.78, 5) is 24.0. The van der Waals surface area contributed by atoms with Crippen molar-refractivity contribution in [1.82, 2.24) is 36.3 Å². The second-order valence-electron chi connectivity index (χ2n) is 7.45. The van der Waals surface area contributed by atoms with Gasteiger partial charge in [-0.2, -0.15) is 0 Å². The molecule has 3 rings (SSSR count). The molecular weight excluding hydrogens is 382 g/mol. The van der Waals surface area contributed by atoms with Crippen molar-refractivity contribution in [2.45, 2.75) is 76.5 Å². The van der Waals surface area contributed by atoms with Gasteiger partial charge >= 0.3 is 6.03 Å². The summed E-state index contributed by atoms with van der Waals surface area (Å²) in [6, 6.07) is 0.0407. The maximum absolute atomic E-state index is 12.1. The number of amides is 3. The van der Waals surface area contributed by atoms with Crippen LogP contribution < -0.4 is 21.3 Å². The number of likely N-dealkylation sites (N-methyl/N-ethyl adjacent to an activating group) is 1. The molecule has 1 aliphatic heterocycles. The van der Waals surface area contributed by atoms with Crippen LogP contribution in [0.4, 0.5) is 4.79 Å². The number of carbonyl (C=O) groups excluding carboxylic acids is 2. The van der Waals surface area contributed by atoms with Gasteiger partial charge in [-0.3, -0.25) is 4.79 Å². The van der Waals surface area contributed by atoms with E-state index in [2.05, 4.69) is 31.6 Å². The quantitative estimate of drug-likeness (QED) is 0.524. The summed E-state index contributed by atoms with van der Waals surface area (Å²) in [6.07, 6.45) is 9.55. The summed E-state index contributed by atoms with van der Waals surface area (Å²) in [5, 5.41) is 20.3. The van der Waals surface area contributed by atoms with Crippen LogP contribution in [0.15, 0.2) is 6.20 Å². The van der Waals surface area contributed by atoms with Gasteiger partial charge in [0.05, 0.1) is 24.8 Å². The van der Waals surface area contributed by atoms with Crippen LogP contribution in [-0.4, -0.2) is 52.1 Å². The maximum Gasteiger partial charge on any atom is 0.315 e. The molecule has 1 saturated heterocycles. The molecule has 10 heteroatoms. The third kappa shape index (κ3) is 6.34. The van der Waals surface area contributed by atoms with Gasteiger partial charge < -0.3 is 21.3 Å². The molecular formula is C18H32ClN7O2. The molecule has 1 saturated carbocycles. The maximum atomic E-state index is 12.1. The lowest BCUT2D eigenvalue weighted by Crippen LogP contribution is -2.41. The molecule has 4 N–H and O–H groups in total. The Morgan fingerprint density at radius 2 is 1.96 bits per heavy atom. The van der Waals surface area contributed by atoms with Gasteiger partial charge in [-0.05, 0) is 26.2 Å². The van der Waals surface area contributed by atoms with Crippen LogP contribution in [0.3, 0.4) is 0 Å². The monoisotopic (exact) mass is 413 g/mol. The average Bonchev–Trinajstić information content (AvgIpc) is 3.26. The Balaban J connectivity index is 0.00000280. The Bertz CT molecular complexity index is 631. The average molecular weight is 414 g/mol. The fourth-order valence-corrected chi connectivity index (χ4v) is 3.82. The number of nitrogens with zero attached hydrogens (tertiary/aromatic N) is 3. The highest BCUT2D eigenvalue weighted by Gasteiger charge is 2.30. The predicted molar refractivity (Wildman–Crippen MR) is 108 cm³/mol. The SMILES string of the molecule is CCNC(=O)[C@@H]1C[C@@H](n2cc(CNC(=O)NC3CCCCCC3)nn2)CN1.Cl. The fraction of sp³-hybridized carbons (Fsp3) is 0.778. The zero-order valence-electron chi connectivity index (χ0n) is 16.4. The molecule has 0 aromatic carbocycles. The second-order valence-corrected chi connectivity index (χ2v) is 7.45. The van der Waals surface area contributed by atoms with E-state index < -0.39 is 0 Å². The molecule has 1 aromatic rings. The van der Waals surface area contributed by atoms with E-state index in [0.29, 0.717) is 31.7 Å². The van der Waals surface area contributed by atoms with Crippen LogP contribution in [0.25, 0.3) is 0 Å². The summed E-state index contributed by atoms with van der Waals surface area (Å²) in [5.41, 5.74) is 0.715. The van der Waals surface area contributed by atoms with Crippen molar-refractivity contribution < 1.29 is 9.59 Å². The first kappa shape index (κ1) is 22.4. The molecule has 2 atom stereocenters. The predicted octanol–water partition coefficient (Wildman–Crippen LogP) is 1.26. The number of hydrogen-bond donors (Lipinski definition) is 4. The first-order valence-corrected chi connectivity index (χ1v) is 10.1. The van der Waals surface area contributed by atoms with Crippen LogP contribution in [0.5, 0.6) is 0 Å². The van der Waals surface area contributed by atoms with E-state index in [1.165, 1.54) is 25.7 Å². The first-order chi connectivity index (χ1) is 13.2. The molecule has 9 nitrogen and oxygen atoms in total. The third-order valence-electron chi connectivity index (χ3n) is 5.33. The number of halogens is 1. The van der Waals surface area contributed by atoms with Crippen molar-refractivity contribution in [3.05, 3.63) is 11.9 Å². The van der Waals surface area contributed by atoms with E-state index >= 15 is 0 Å². The number of carbonyl (C=O) groups is 2. The highest BCUT2D eigenvalue weighted by atomic mass is 35.5. The number of urea groups is 1. The summed E-state index contributed by atoms with van der Waals surface area (Å²) < 4.78 is 1.78. The van der Waals surface area contributed by atoms with Crippen LogP contribution in [0.2, 0.25) is 0 Å². The van der Waals surface area contributed by atoms with Gasteiger partial charge in [-0.1, -0.05) is 30.9 Å². The smallest absolute Gasteiger partial charge is 0.315 e. The van der Waals surface area contributed by atoms with Gasteiger partial charge in [0.25, 0.3) is 0 Å². The zero-order valence-corrected chi connectivity index (χ0v) is 17.3. The van der Waals surface area contributed by atoms with E-state index in [9.17, 15) is 9.59 Å². The number of nitrogens with one attached hydrogen (secondary N) is 4. The van der Waals surface area contributed by atoms with Crippen LogP contribution in [0.1, 0.15) is 63.6 Å². The Morgan fingerprint density at radius 3 is 2.68 bits per heavy atom. The normalized spacial score (nSPS) is 22.8. The topological polar surface area (TPSA) is 113 Å². The molecule has 0 spiro atoms. The second kappa shape index (κ2) is 11.2.